The number of hydrogen-bond acceptors (Lipinski definition) is 6. The van der Waals surface area contributed by atoms with E-state index in [9.17, 15) is 29.8 Å². The quantitative estimate of drug-likeness (QED) is 0.413. The van der Waals surface area contributed by atoms with Gasteiger partial charge < -0.3 is 0 Å². The fraction of sp³-hybridized carbons (Fsp3) is 0. The van der Waals surface area contributed by atoms with Crippen LogP contribution in [0, 0.1) is 20.2 Å². The van der Waals surface area contributed by atoms with E-state index in [1.807, 2.05) is 0 Å². The molecule has 0 saturated carbocycles. The normalized spacial score (nSPS) is 11.8. The molecule has 0 N–H and O–H groups in total. The number of ketones is 1. The molecular weight excluding hydrogens is 328 g/mol. The van der Waals surface area contributed by atoms with E-state index in [0.29, 0.717) is 0 Å². The van der Waals surface area contributed by atoms with Crippen LogP contribution in [-0.4, -0.2) is 20.9 Å². The first-order chi connectivity index (χ1) is 10.8. The van der Waals surface area contributed by atoms with Gasteiger partial charge in [0.05, 0.1) is 9.85 Å². The van der Waals surface area contributed by atoms with Gasteiger partial charge in [-0.1, -0.05) is 0 Å². The number of fused-ring (bicyclic) bond motifs is 3. The number of hydrogen-bond donors (Lipinski definition) is 0. The number of halogens is 1. The van der Waals surface area contributed by atoms with E-state index in [1.54, 1.807) is 0 Å². The van der Waals surface area contributed by atoms with Gasteiger partial charge in [0.15, 0.2) is 5.78 Å². The summed E-state index contributed by atoms with van der Waals surface area (Å²) in [5, 5.41) is 20.8. The van der Waals surface area contributed by atoms with Crippen molar-refractivity contribution in [3.8, 4) is 11.1 Å². The minimum atomic E-state index is -0.955. The average Bonchev–Trinajstić information content (AvgIpc) is 2.79. The van der Waals surface area contributed by atoms with Gasteiger partial charge in [0.25, 0.3) is 16.6 Å². The predicted molar refractivity (Wildman–Crippen MR) is 78.8 cm³/mol. The van der Waals surface area contributed by atoms with Crippen LogP contribution in [0.1, 0.15) is 26.3 Å². The third-order valence-corrected chi connectivity index (χ3v) is 3.72. The maximum Gasteiger partial charge on any atom is 0.270 e. The molecular formula is C14H5ClN2O6. The SMILES string of the molecule is O=C(Cl)c1cc([N+](=O)[O-])cc2c1-c1ccc([N+](=O)[O-])cc1C2=O. The van der Waals surface area contributed by atoms with Crippen molar-refractivity contribution in [2.75, 3.05) is 0 Å². The Balaban J connectivity index is 2.34. The monoisotopic (exact) mass is 332 g/mol. The molecule has 0 aromatic heterocycles. The van der Waals surface area contributed by atoms with Gasteiger partial charge in [-0.3, -0.25) is 29.8 Å². The molecule has 3 rings (SSSR count). The van der Waals surface area contributed by atoms with Crippen molar-refractivity contribution in [3.63, 3.8) is 0 Å². The molecule has 0 bridgehead atoms. The highest BCUT2D eigenvalue weighted by Crippen LogP contribution is 2.42. The molecule has 2 aromatic rings. The largest absolute Gasteiger partial charge is 0.289 e. The summed E-state index contributed by atoms with van der Waals surface area (Å²) in [6.45, 7) is 0. The molecule has 0 amide bonds. The third kappa shape index (κ3) is 2.16. The standard InChI is InChI=1S/C14H5ClN2O6/c15-14(19)11-5-7(17(22)23)4-10-12(11)8-2-1-6(16(20)21)3-9(8)13(10)18/h1-5H. The minimum Gasteiger partial charge on any atom is -0.289 e. The maximum absolute atomic E-state index is 12.4. The minimum absolute atomic E-state index is 0.00821. The van der Waals surface area contributed by atoms with E-state index in [4.69, 9.17) is 11.6 Å². The van der Waals surface area contributed by atoms with Crippen molar-refractivity contribution in [1.29, 1.82) is 0 Å². The molecule has 8 nitrogen and oxygen atoms in total. The summed E-state index contributed by atoms with van der Waals surface area (Å²) in [6.07, 6.45) is 0. The summed E-state index contributed by atoms with van der Waals surface area (Å²) >= 11 is 5.48. The molecule has 0 spiro atoms. The van der Waals surface area contributed by atoms with E-state index in [0.717, 1.165) is 18.2 Å². The summed E-state index contributed by atoms with van der Waals surface area (Å²) in [5.41, 5.74) is -0.550. The predicted octanol–water partition coefficient (Wildman–Crippen LogP) is 3.09. The zero-order chi connectivity index (χ0) is 16.9. The number of non-ortho nitro benzene ring substituents is 2. The number of nitro groups is 2. The number of benzene rings is 2. The Morgan fingerprint density at radius 2 is 1.52 bits per heavy atom. The number of nitro benzene ring substituents is 2. The van der Waals surface area contributed by atoms with Gasteiger partial charge in [0.1, 0.15) is 0 Å². The van der Waals surface area contributed by atoms with E-state index in [2.05, 4.69) is 0 Å². The van der Waals surface area contributed by atoms with Gasteiger partial charge in [-0.15, -0.1) is 0 Å². The lowest BCUT2D eigenvalue weighted by Gasteiger charge is -2.05. The zero-order valence-electron chi connectivity index (χ0n) is 11.1. The van der Waals surface area contributed by atoms with E-state index in [-0.39, 0.29) is 33.5 Å². The van der Waals surface area contributed by atoms with Crippen LogP contribution in [0.2, 0.25) is 0 Å². The summed E-state index contributed by atoms with van der Waals surface area (Å²) in [6, 6.07) is 5.61. The highest BCUT2D eigenvalue weighted by atomic mass is 35.5. The van der Waals surface area contributed by atoms with E-state index < -0.39 is 26.6 Å². The Kier molecular flexibility index (Phi) is 3.19. The molecule has 0 fully saturated rings. The molecule has 114 valence electrons. The first kappa shape index (κ1) is 14.8. The summed E-state index contributed by atoms with van der Waals surface area (Å²) < 4.78 is 0. The molecule has 0 atom stereocenters. The lowest BCUT2D eigenvalue weighted by atomic mass is 9.99. The Hall–Kier alpha value is -3.13. The van der Waals surface area contributed by atoms with E-state index in [1.165, 1.54) is 12.1 Å². The second-order valence-electron chi connectivity index (χ2n) is 4.76. The number of rotatable bonds is 3. The molecule has 0 saturated heterocycles. The smallest absolute Gasteiger partial charge is 0.270 e. The Bertz CT molecular complexity index is 937. The van der Waals surface area contributed by atoms with Crippen molar-refractivity contribution in [2.24, 2.45) is 0 Å². The fourth-order valence-electron chi connectivity index (χ4n) is 2.55. The van der Waals surface area contributed by atoms with Crippen LogP contribution in [0.25, 0.3) is 11.1 Å². The molecule has 9 heteroatoms. The average molecular weight is 333 g/mol. The van der Waals surface area contributed by atoms with Crippen LogP contribution in [0.5, 0.6) is 0 Å². The Labute approximate surface area is 132 Å². The Morgan fingerprint density at radius 3 is 2.09 bits per heavy atom. The van der Waals surface area contributed by atoms with Crippen molar-refractivity contribution in [3.05, 3.63) is 67.3 Å². The maximum atomic E-state index is 12.4. The van der Waals surface area contributed by atoms with Gasteiger partial charge in [0, 0.05) is 46.5 Å². The molecule has 0 radical (unpaired) electrons. The van der Waals surface area contributed by atoms with Crippen molar-refractivity contribution >= 4 is 34.0 Å². The van der Waals surface area contributed by atoms with Gasteiger partial charge in [-0.2, -0.15) is 0 Å². The van der Waals surface area contributed by atoms with Gasteiger partial charge >= 0.3 is 0 Å². The van der Waals surface area contributed by atoms with Crippen molar-refractivity contribution in [2.45, 2.75) is 0 Å². The number of carbonyl (C=O) groups excluding carboxylic acids is 2. The zero-order valence-corrected chi connectivity index (χ0v) is 11.9. The molecule has 0 heterocycles. The van der Waals surface area contributed by atoms with Gasteiger partial charge in [-0.05, 0) is 23.2 Å². The third-order valence-electron chi connectivity index (χ3n) is 3.52. The van der Waals surface area contributed by atoms with Crippen LogP contribution in [0.3, 0.4) is 0 Å². The molecule has 0 unspecified atom stereocenters. The van der Waals surface area contributed by atoms with Crippen LogP contribution in [0.4, 0.5) is 11.4 Å². The van der Waals surface area contributed by atoms with Crippen LogP contribution in [-0.2, 0) is 0 Å². The molecule has 0 aliphatic heterocycles. The second kappa shape index (κ2) is 4.96. The number of nitrogens with zero attached hydrogens (tertiary/aromatic N) is 2. The molecule has 2 aromatic carbocycles. The van der Waals surface area contributed by atoms with Gasteiger partial charge in [-0.25, -0.2) is 0 Å². The lowest BCUT2D eigenvalue weighted by molar-refractivity contribution is -0.385. The highest BCUT2D eigenvalue weighted by Gasteiger charge is 2.34. The van der Waals surface area contributed by atoms with Crippen LogP contribution in [0.15, 0.2) is 30.3 Å². The topological polar surface area (TPSA) is 120 Å². The highest BCUT2D eigenvalue weighted by molar-refractivity contribution is 6.68. The summed E-state index contributed by atoms with van der Waals surface area (Å²) in [7, 11) is 0. The second-order valence-corrected chi connectivity index (χ2v) is 5.11. The van der Waals surface area contributed by atoms with Gasteiger partial charge in [0.2, 0.25) is 0 Å². The first-order valence-corrected chi connectivity index (χ1v) is 6.55. The van der Waals surface area contributed by atoms with Crippen LogP contribution >= 0.6 is 11.6 Å². The fourth-order valence-corrected chi connectivity index (χ4v) is 2.70. The Morgan fingerprint density at radius 1 is 0.913 bits per heavy atom. The summed E-state index contributed by atoms with van der Waals surface area (Å²) in [4.78, 5) is 44.4. The number of carbonyl (C=O) groups is 2. The lowest BCUT2D eigenvalue weighted by Crippen LogP contribution is -2.01. The molecule has 1 aliphatic carbocycles. The summed E-state index contributed by atoms with van der Waals surface area (Å²) in [5.74, 6) is -0.624. The van der Waals surface area contributed by atoms with E-state index >= 15 is 0 Å². The molecule has 1 aliphatic rings. The van der Waals surface area contributed by atoms with Crippen molar-refractivity contribution < 1.29 is 19.4 Å². The molecule has 23 heavy (non-hydrogen) atoms. The van der Waals surface area contributed by atoms with Crippen molar-refractivity contribution in [1.82, 2.24) is 0 Å². The van der Waals surface area contributed by atoms with Crippen LogP contribution < -0.4 is 0 Å². The first-order valence-electron chi connectivity index (χ1n) is 6.17.